The molecule has 30 heavy (non-hydrogen) atoms. The second kappa shape index (κ2) is 7.58. The van der Waals surface area contributed by atoms with Crippen LogP contribution in [0.5, 0.6) is 17.2 Å². The molecule has 0 saturated carbocycles. The average Bonchev–Trinajstić information content (AvgIpc) is 3.11. The van der Waals surface area contributed by atoms with Gasteiger partial charge >= 0.3 is 6.36 Å². The minimum atomic E-state index is -4.78. The third kappa shape index (κ3) is 4.29. The SMILES string of the molecule is CC(=O)c1nn(-c2ccc(OC(F)(F)F)cc2)nc1Nc1ccc2c(c1)OCCO2. The van der Waals surface area contributed by atoms with Crippen molar-refractivity contribution < 1.29 is 32.2 Å². The predicted molar refractivity (Wildman–Crippen MR) is 98.8 cm³/mol. The molecule has 11 heteroatoms. The van der Waals surface area contributed by atoms with Crippen molar-refractivity contribution in [2.75, 3.05) is 18.5 Å². The number of nitrogens with one attached hydrogen (secondary N) is 1. The molecule has 2 heterocycles. The number of anilines is 2. The Bertz CT molecular complexity index is 1080. The van der Waals surface area contributed by atoms with Gasteiger partial charge in [0.05, 0.1) is 5.69 Å². The van der Waals surface area contributed by atoms with E-state index in [9.17, 15) is 18.0 Å². The summed E-state index contributed by atoms with van der Waals surface area (Å²) in [6.07, 6.45) is -4.78. The Morgan fingerprint density at radius 2 is 1.77 bits per heavy atom. The van der Waals surface area contributed by atoms with E-state index < -0.39 is 6.36 Å². The molecule has 0 radical (unpaired) electrons. The van der Waals surface area contributed by atoms with Gasteiger partial charge in [0.15, 0.2) is 28.8 Å². The van der Waals surface area contributed by atoms with E-state index in [1.165, 1.54) is 19.1 Å². The molecule has 1 aliphatic heterocycles. The molecule has 0 saturated heterocycles. The van der Waals surface area contributed by atoms with Gasteiger partial charge in [-0.2, -0.15) is 0 Å². The van der Waals surface area contributed by atoms with Gasteiger partial charge in [-0.15, -0.1) is 28.2 Å². The number of halogens is 3. The summed E-state index contributed by atoms with van der Waals surface area (Å²) in [5.74, 6) is 0.652. The molecule has 8 nitrogen and oxygen atoms in total. The zero-order chi connectivity index (χ0) is 21.3. The van der Waals surface area contributed by atoms with Crippen molar-refractivity contribution >= 4 is 17.3 Å². The van der Waals surface area contributed by atoms with Crippen LogP contribution in [0.25, 0.3) is 5.69 Å². The Hall–Kier alpha value is -3.76. The maximum atomic E-state index is 12.3. The molecule has 3 aromatic rings. The smallest absolute Gasteiger partial charge is 0.486 e. The van der Waals surface area contributed by atoms with Crippen LogP contribution in [0.4, 0.5) is 24.7 Å². The number of ether oxygens (including phenoxy) is 3. The van der Waals surface area contributed by atoms with Gasteiger partial charge in [-0.3, -0.25) is 4.79 Å². The number of hydrogen-bond acceptors (Lipinski definition) is 7. The summed E-state index contributed by atoms with van der Waals surface area (Å²) in [6.45, 7) is 2.23. The van der Waals surface area contributed by atoms with Crippen molar-refractivity contribution in [1.29, 1.82) is 0 Å². The van der Waals surface area contributed by atoms with E-state index in [1.807, 2.05) is 0 Å². The van der Waals surface area contributed by atoms with Gasteiger partial charge in [-0.1, -0.05) is 0 Å². The van der Waals surface area contributed by atoms with E-state index in [4.69, 9.17) is 9.47 Å². The van der Waals surface area contributed by atoms with E-state index in [0.717, 1.165) is 16.9 Å². The molecule has 1 N–H and O–H groups in total. The molecule has 0 fully saturated rings. The fraction of sp³-hybridized carbons (Fsp3) is 0.211. The van der Waals surface area contributed by atoms with Crippen LogP contribution in [0.15, 0.2) is 42.5 Å². The molecule has 4 rings (SSSR count). The molecule has 0 amide bonds. The number of carbonyl (C=O) groups excluding carboxylic acids is 1. The van der Waals surface area contributed by atoms with Crippen LogP contribution in [0, 0.1) is 0 Å². The Balaban J connectivity index is 1.60. The van der Waals surface area contributed by atoms with Gasteiger partial charge in [0.25, 0.3) is 0 Å². The maximum Gasteiger partial charge on any atom is 0.573 e. The molecule has 156 valence electrons. The van der Waals surface area contributed by atoms with Gasteiger partial charge in [0.2, 0.25) is 0 Å². The second-order valence-electron chi connectivity index (χ2n) is 6.27. The highest BCUT2D eigenvalue weighted by atomic mass is 19.4. The number of ketones is 1. The number of carbonyl (C=O) groups is 1. The van der Waals surface area contributed by atoms with Crippen LogP contribution in [0.1, 0.15) is 17.4 Å². The van der Waals surface area contributed by atoms with Crippen molar-refractivity contribution in [2.24, 2.45) is 0 Å². The third-order valence-corrected chi connectivity index (χ3v) is 4.05. The first kappa shape index (κ1) is 19.6. The number of aromatic nitrogens is 3. The van der Waals surface area contributed by atoms with Crippen LogP contribution in [0.2, 0.25) is 0 Å². The Morgan fingerprint density at radius 1 is 1.07 bits per heavy atom. The topological polar surface area (TPSA) is 87.5 Å². The molecule has 0 aliphatic carbocycles. The van der Waals surface area contributed by atoms with Gasteiger partial charge in [-0.25, -0.2) is 0 Å². The number of Topliss-reactive ketones (excluding diaryl/α,β-unsaturated/α-hetero) is 1. The number of hydrogen-bond donors (Lipinski definition) is 1. The lowest BCUT2D eigenvalue weighted by Crippen LogP contribution is -2.17. The summed E-state index contributed by atoms with van der Waals surface area (Å²) < 4.78 is 51.8. The first-order valence-electron chi connectivity index (χ1n) is 8.80. The van der Waals surface area contributed by atoms with Gasteiger partial charge in [-0.05, 0) is 36.4 Å². The van der Waals surface area contributed by atoms with Crippen molar-refractivity contribution in [3.63, 3.8) is 0 Å². The summed E-state index contributed by atoms with van der Waals surface area (Å²) in [6, 6.07) is 10.1. The van der Waals surface area contributed by atoms with Crippen LogP contribution < -0.4 is 19.5 Å². The zero-order valence-electron chi connectivity index (χ0n) is 15.6. The molecular weight excluding hydrogens is 405 g/mol. The van der Waals surface area contributed by atoms with Crippen molar-refractivity contribution in [1.82, 2.24) is 15.0 Å². The number of benzene rings is 2. The maximum absolute atomic E-state index is 12.3. The highest BCUT2D eigenvalue weighted by molar-refractivity contribution is 5.97. The highest BCUT2D eigenvalue weighted by Crippen LogP contribution is 2.34. The molecule has 0 atom stereocenters. The summed E-state index contributed by atoms with van der Waals surface area (Å²) in [5, 5.41) is 11.4. The van der Waals surface area contributed by atoms with Crippen LogP contribution >= 0.6 is 0 Å². The molecule has 1 aromatic heterocycles. The van der Waals surface area contributed by atoms with Gasteiger partial charge < -0.3 is 19.5 Å². The number of rotatable bonds is 5. The molecule has 1 aliphatic rings. The summed E-state index contributed by atoms with van der Waals surface area (Å²) in [5.41, 5.74) is 1.02. The molecule has 0 unspecified atom stereocenters. The van der Waals surface area contributed by atoms with E-state index in [-0.39, 0.29) is 23.0 Å². The quantitative estimate of drug-likeness (QED) is 0.627. The summed E-state index contributed by atoms with van der Waals surface area (Å²) in [7, 11) is 0. The zero-order valence-corrected chi connectivity index (χ0v) is 15.6. The third-order valence-electron chi connectivity index (χ3n) is 4.05. The van der Waals surface area contributed by atoms with Crippen LogP contribution in [-0.2, 0) is 0 Å². The summed E-state index contributed by atoms with van der Waals surface area (Å²) in [4.78, 5) is 13.1. The van der Waals surface area contributed by atoms with E-state index in [2.05, 4.69) is 20.3 Å². The van der Waals surface area contributed by atoms with Crippen molar-refractivity contribution in [2.45, 2.75) is 13.3 Å². The summed E-state index contributed by atoms with van der Waals surface area (Å²) >= 11 is 0. The normalized spacial score (nSPS) is 13.1. The number of nitrogens with zero attached hydrogens (tertiary/aromatic N) is 3. The molecule has 2 aromatic carbocycles. The van der Waals surface area contributed by atoms with Gasteiger partial charge in [0, 0.05) is 18.7 Å². The molecule has 0 bridgehead atoms. The lowest BCUT2D eigenvalue weighted by Gasteiger charge is -2.18. The van der Waals surface area contributed by atoms with Crippen molar-refractivity contribution in [3.05, 3.63) is 48.2 Å². The Labute approximate surface area is 168 Å². The van der Waals surface area contributed by atoms with E-state index in [1.54, 1.807) is 18.2 Å². The van der Waals surface area contributed by atoms with E-state index in [0.29, 0.717) is 36.1 Å². The molecule has 0 spiro atoms. The Morgan fingerprint density at radius 3 is 2.43 bits per heavy atom. The Kier molecular flexibility index (Phi) is 4.94. The lowest BCUT2D eigenvalue weighted by molar-refractivity contribution is -0.274. The first-order valence-corrected chi connectivity index (χ1v) is 8.80. The largest absolute Gasteiger partial charge is 0.573 e. The molecular formula is C19H15F3N4O4. The predicted octanol–water partition coefficient (Wildman–Crippen LogP) is 3.88. The number of fused-ring (bicyclic) bond motifs is 1. The first-order chi connectivity index (χ1) is 14.3. The second-order valence-corrected chi connectivity index (χ2v) is 6.27. The monoisotopic (exact) mass is 420 g/mol. The van der Waals surface area contributed by atoms with Crippen molar-refractivity contribution in [3.8, 4) is 22.9 Å². The van der Waals surface area contributed by atoms with E-state index >= 15 is 0 Å². The minimum absolute atomic E-state index is 0.0699. The standard InChI is InChI=1S/C19H15F3N4O4/c1-11(27)17-18(23-12-2-7-15-16(10-12)29-9-8-28-15)25-26(24-17)13-3-5-14(6-4-13)30-19(20,21)22/h2-7,10H,8-9H2,1H3,(H,23,25). The minimum Gasteiger partial charge on any atom is -0.486 e. The fourth-order valence-corrected chi connectivity index (χ4v) is 2.78. The average molecular weight is 420 g/mol. The van der Waals surface area contributed by atoms with Crippen LogP contribution in [-0.4, -0.2) is 40.4 Å². The fourth-order valence-electron chi connectivity index (χ4n) is 2.78. The van der Waals surface area contributed by atoms with Crippen LogP contribution in [0.3, 0.4) is 0 Å². The highest BCUT2D eigenvalue weighted by Gasteiger charge is 2.31. The van der Waals surface area contributed by atoms with Gasteiger partial charge in [0.1, 0.15) is 19.0 Å². The lowest BCUT2D eigenvalue weighted by atomic mass is 10.2. The number of alkyl halides is 3.